The van der Waals surface area contributed by atoms with E-state index in [4.69, 9.17) is 5.73 Å². The maximum atomic E-state index is 5.67. The molecule has 3 aromatic heterocycles. The Balaban J connectivity index is 2.07. The largest absolute Gasteiger partial charge is 0.324 e. The van der Waals surface area contributed by atoms with E-state index in [2.05, 4.69) is 30.5 Å². The predicted octanol–water partition coefficient (Wildman–Crippen LogP) is 1.82. The van der Waals surface area contributed by atoms with Gasteiger partial charge in [-0.1, -0.05) is 0 Å². The summed E-state index contributed by atoms with van der Waals surface area (Å²) in [7, 11) is 0. The van der Waals surface area contributed by atoms with Crippen LogP contribution in [0.3, 0.4) is 0 Å². The Morgan fingerprint density at radius 2 is 1.81 bits per heavy atom. The zero-order valence-corrected chi connectivity index (χ0v) is 12.4. The maximum Gasteiger partial charge on any atom is 0.183 e. The second kappa shape index (κ2) is 4.77. The standard InChI is InChI=1S/C12H17N9/c1-6-7(2)17-20(5-13)11(6)16-15-10-8(3)18-21-12(10)14-9(4)19-21/h5,13H2,1-4H3,(H,14,19)/b16-15+. The van der Waals surface area contributed by atoms with Gasteiger partial charge >= 0.3 is 0 Å². The van der Waals surface area contributed by atoms with Crippen LogP contribution in [-0.2, 0) is 6.67 Å². The molecule has 0 atom stereocenters. The van der Waals surface area contributed by atoms with Crippen LogP contribution in [0.4, 0.5) is 11.5 Å². The lowest BCUT2D eigenvalue weighted by Gasteiger charge is -1.98. The highest BCUT2D eigenvalue weighted by molar-refractivity contribution is 5.66. The van der Waals surface area contributed by atoms with E-state index >= 15 is 0 Å². The number of aryl methyl sites for hydroxylation is 3. The first-order valence-electron chi connectivity index (χ1n) is 6.59. The van der Waals surface area contributed by atoms with Crippen LogP contribution in [0.15, 0.2) is 10.2 Å². The SMILES string of the molecule is Cc1nn2nc(C)c(/N=N/c3c(C)c(C)nn3CN)c2[nH]1. The summed E-state index contributed by atoms with van der Waals surface area (Å²) in [6.07, 6.45) is 0. The molecule has 21 heavy (non-hydrogen) atoms. The molecular formula is C12H17N9. The number of azo groups is 1. The quantitative estimate of drug-likeness (QED) is 0.715. The summed E-state index contributed by atoms with van der Waals surface area (Å²) in [5.74, 6) is 1.43. The van der Waals surface area contributed by atoms with E-state index in [0.29, 0.717) is 11.5 Å². The Morgan fingerprint density at radius 1 is 1.05 bits per heavy atom. The number of nitrogens with one attached hydrogen (secondary N) is 1. The van der Waals surface area contributed by atoms with Crippen molar-refractivity contribution in [3.8, 4) is 0 Å². The molecule has 3 rings (SSSR count). The fourth-order valence-electron chi connectivity index (χ4n) is 2.16. The van der Waals surface area contributed by atoms with Gasteiger partial charge in [-0.3, -0.25) is 0 Å². The summed E-state index contributed by atoms with van der Waals surface area (Å²) in [5, 5.41) is 21.4. The van der Waals surface area contributed by atoms with E-state index in [0.717, 1.165) is 28.4 Å². The second-order valence-corrected chi connectivity index (χ2v) is 4.90. The summed E-state index contributed by atoms with van der Waals surface area (Å²) in [5.41, 5.74) is 9.67. The van der Waals surface area contributed by atoms with Crippen molar-refractivity contribution in [2.45, 2.75) is 34.4 Å². The molecule has 0 aliphatic carbocycles. The molecule has 0 bridgehead atoms. The van der Waals surface area contributed by atoms with Crippen molar-refractivity contribution in [3.05, 3.63) is 22.8 Å². The van der Waals surface area contributed by atoms with Gasteiger partial charge in [-0.25, -0.2) is 4.68 Å². The number of hydrogen-bond acceptors (Lipinski definition) is 6. The number of fused-ring (bicyclic) bond motifs is 1. The number of hydrogen-bond donors (Lipinski definition) is 2. The van der Waals surface area contributed by atoms with E-state index in [1.165, 1.54) is 4.63 Å². The van der Waals surface area contributed by atoms with Crippen LogP contribution in [0, 0.1) is 27.7 Å². The Morgan fingerprint density at radius 3 is 2.52 bits per heavy atom. The molecule has 9 heteroatoms. The first-order chi connectivity index (χ1) is 10.0. The molecule has 3 aromatic rings. The van der Waals surface area contributed by atoms with Gasteiger partial charge in [-0.05, 0) is 27.7 Å². The highest BCUT2D eigenvalue weighted by atomic mass is 15.5. The fraction of sp³-hybridized carbons (Fsp3) is 0.417. The number of aromatic amines is 1. The van der Waals surface area contributed by atoms with Gasteiger partial charge in [0.25, 0.3) is 0 Å². The first-order valence-corrected chi connectivity index (χ1v) is 6.59. The number of nitrogens with zero attached hydrogens (tertiary/aromatic N) is 7. The highest BCUT2D eigenvalue weighted by Crippen LogP contribution is 2.27. The van der Waals surface area contributed by atoms with Gasteiger partial charge < -0.3 is 10.7 Å². The summed E-state index contributed by atoms with van der Waals surface area (Å²) < 4.78 is 3.15. The number of rotatable bonds is 3. The van der Waals surface area contributed by atoms with Gasteiger partial charge in [0.15, 0.2) is 17.2 Å². The molecule has 0 aliphatic heterocycles. The molecule has 0 saturated carbocycles. The minimum Gasteiger partial charge on any atom is -0.324 e. The van der Waals surface area contributed by atoms with E-state index in [1.54, 1.807) is 4.68 Å². The molecule has 0 fully saturated rings. The van der Waals surface area contributed by atoms with Gasteiger partial charge in [-0.2, -0.15) is 10.2 Å². The van der Waals surface area contributed by atoms with Crippen LogP contribution in [0.5, 0.6) is 0 Å². The van der Waals surface area contributed by atoms with Gasteiger partial charge in [0.05, 0.1) is 18.1 Å². The Labute approximate surface area is 120 Å². The molecule has 0 aliphatic rings. The molecule has 0 aromatic carbocycles. The average Bonchev–Trinajstić information content (AvgIpc) is 3.01. The van der Waals surface area contributed by atoms with Gasteiger partial charge in [0.2, 0.25) is 0 Å². The van der Waals surface area contributed by atoms with Gasteiger partial charge in [0.1, 0.15) is 5.82 Å². The van der Waals surface area contributed by atoms with Gasteiger partial charge in [-0.15, -0.1) is 20.0 Å². The minimum atomic E-state index is 0.259. The lowest BCUT2D eigenvalue weighted by molar-refractivity contribution is 0.633. The zero-order valence-electron chi connectivity index (χ0n) is 12.4. The van der Waals surface area contributed by atoms with Crippen molar-refractivity contribution < 1.29 is 0 Å². The summed E-state index contributed by atoms with van der Waals surface area (Å²) >= 11 is 0. The Kier molecular flexibility index (Phi) is 3.05. The molecule has 0 saturated heterocycles. The van der Waals surface area contributed by atoms with Crippen LogP contribution >= 0.6 is 0 Å². The average molecular weight is 287 g/mol. The van der Waals surface area contributed by atoms with Crippen LogP contribution in [-0.4, -0.2) is 29.6 Å². The first kappa shape index (κ1) is 13.4. The Bertz CT molecular complexity index is 833. The topological polar surface area (TPSA) is 115 Å². The fourth-order valence-corrected chi connectivity index (χ4v) is 2.16. The molecule has 0 spiro atoms. The number of aromatic nitrogens is 6. The van der Waals surface area contributed by atoms with Crippen LogP contribution < -0.4 is 5.73 Å². The monoisotopic (exact) mass is 287 g/mol. The third-order valence-corrected chi connectivity index (χ3v) is 3.37. The van der Waals surface area contributed by atoms with Crippen LogP contribution in [0.1, 0.15) is 22.8 Å². The van der Waals surface area contributed by atoms with E-state index in [1.807, 2.05) is 27.7 Å². The van der Waals surface area contributed by atoms with E-state index in [9.17, 15) is 0 Å². The number of H-pyrrole nitrogens is 1. The van der Waals surface area contributed by atoms with Crippen molar-refractivity contribution in [1.29, 1.82) is 0 Å². The van der Waals surface area contributed by atoms with E-state index < -0.39 is 0 Å². The molecule has 0 unspecified atom stereocenters. The zero-order chi connectivity index (χ0) is 15.1. The summed E-state index contributed by atoms with van der Waals surface area (Å²) in [6.45, 7) is 7.85. The van der Waals surface area contributed by atoms with Crippen molar-refractivity contribution in [2.75, 3.05) is 0 Å². The number of nitrogens with two attached hydrogens (primary N) is 1. The third-order valence-electron chi connectivity index (χ3n) is 3.37. The molecule has 3 heterocycles. The Hall–Kier alpha value is -2.55. The van der Waals surface area contributed by atoms with Crippen LogP contribution in [0.2, 0.25) is 0 Å². The molecule has 0 amide bonds. The van der Waals surface area contributed by atoms with Crippen LogP contribution in [0.25, 0.3) is 5.65 Å². The molecular weight excluding hydrogens is 270 g/mol. The maximum absolute atomic E-state index is 5.67. The summed E-state index contributed by atoms with van der Waals surface area (Å²) in [4.78, 5) is 3.12. The smallest absolute Gasteiger partial charge is 0.183 e. The third kappa shape index (κ3) is 2.11. The van der Waals surface area contributed by atoms with Gasteiger partial charge in [0, 0.05) is 5.56 Å². The molecule has 110 valence electrons. The summed E-state index contributed by atoms with van der Waals surface area (Å²) in [6, 6.07) is 0. The predicted molar refractivity (Wildman–Crippen MR) is 76.9 cm³/mol. The normalized spacial score (nSPS) is 12.0. The lowest BCUT2D eigenvalue weighted by Crippen LogP contribution is -2.08. The lowest BCUT2D eigenvalue weighted by atomic mass is 10.3. The van der Waals surface area contributed by atoms with Crippen molar-refractivity contribution >= 4 is 17.2 Å². The van der Waals surface area contributed by atoms with E-state index in [-0.39, 0.29) is 6.67 Å². The molecule has 0 radical (unpaired) electrons. The molecule has 9 nitrogen and oxygen atoms in total. The molecule has 3 N–H and O–H groups in total. The van der Waals surface area contributed by atoms with Crippen molar-refractivity contribution in [3.63, 3.8) is 0 Å². The highest BCUT2D eigenvalue weighted by Gasteiger charge is 2.14. The minimum absolute atomic E-state index is 0.259. The van der Waals surface area contributed by atoms with Crippen molar-refractivity contribution in [2.24, 2.45) is 16.0 Å². The van der Waals surface area contributed by atoms with Crippen molar-refractivity contribution in [1.82, 2.24) is 29.6 Å². The second-order valence-electron chi connectivity index (χ2n) is 4.90.